The van der Waals surface area contributed by atoms with Gasteiger partial charge in [-0.3, -0.25) is 4.79 Å². The Morgan fingerprint density at radius 3 is 2.50 bits per heavy atom. The van der Waals surface area contributed by atoms with Crippen molar-refractivity contribution in [1.82, 2.24) is 0 Å². The average molecular weight is 302 g/mol. The Labute approximate surface area is 127 Å². The van der Waals surface area contributed by atoms with E-state index in [1.807, 2.05) is 31.3 Å². The molecule has 0 atom stereocenters. The van der Waals surface area contributed by atoms with Gasteiger partial charge in [0.15, 0.2) is 0 Å². The Balaban J connectivity index is 2.03. The lowest BCUT2D eigenvalue weighted by Crippen LogP contribution is -2.32. The van der Waals surface area contributed by atoms with E-state index in [4.69, 9.17) is 0 Å². The summed E-state index contributed by atoms with van der Waals surface area (Å²) in [5, 5.41) is 0. The zero-order chi connectivity index (χ0) is 15.7. The van der Waals surface area contributed by atoms with Gasteiger partial charge in [-0.1, -0.05) is 12.1 Å². The van der Waals surface area contributed by atoms with Crippen LogP contribution in [-0.4, -0.2) is 26.0 Å². The number of fused-ring (bicyclic) bond motifs is 1. The van der Waals surface area contributed by atoms with E-state index < -0.39 is 17.5 Å². The monoisotopic (exact) mass is 302 g/mol. The molecule has 5 heteroatoms. The number of para-hydroxylation sites is 2. The molecule has 22 heavy (non-hydrogen) atoms. The van der Waals surface area contributed by atoms with Crippen molar-refractivity contribution in [3.63, 3.8) is 0 Å². The van der Waals surface area contributed by atoms with Gasteiger partial charge in [-0.15, -0.1) is 0 Å². The van der Waals surface area contributed by atoms with Crippen LogP contribution in [0.5, 0.6) is 0 Å². The lowest BCUT2D eigenvalue weighted by atomic mass is 10.1. The van der Waals surface area contributed by atoms with Gasteiger partial charge in [-0.25, -0.2) is 8.78 Å². The number of carbonyl (C=O) groups is 1. The van der Waals surface area contributed by atoms with Crippen molar-refractivity contribution in [3.05, 3.63) is 59.7 Å². The van der Waals surface area contributed by atoms with Crippen molar-refractivity contribution in [1.29, 1.82) is 0 Å². The van der Waals surface area contributed by atoms with E-state index in [0.717, 1.165) is 36.5 Å². The lowest BCUT2D eigenvalue weighted by molar-refractivity contribution is 0.0983. The average Bonchev–Trinajstić information content (AvgIpc) is 2.66. The summed E-state index contributed by atoms with van der Waals surface area (Å²) in [6, 6.07) is 10.6. The van der Waals surface area contributed by atoms with E-state index in [1.165, 1.54) is 6.07 Å². The predicted octanol–water partition coefficient (Wildman–Crippen LogP) is 3.45. The highest BCUT2D eigenvalue weighted by Gasteiger charge is 2.25. The van der Waals surface area contributed by atoms with Gasteiger partial charge in [0.1, 0.15) is 11.6 Å². The van der Waals surface area contributed by atoms with E-state index in [0.29, 0.717) is 6.54 Å². The highest BCUT2D eigenvalue weighted by molar-refractivity contribution is 6.08. The third kappa shape index (κ3) is 2.54. The number of nitrogens with zero attached hydrogens (tertiary/aromatic N) is 2. The van der Waals surface area contributed by atoms with Crippen molar-refractivity contribution in [2.45, 2.75) is 6.42 Å². The van der Waals surface area contributed by atoms with E-state index in [1.54, 1.807) is 4.90 Å². The van der Waals surface area contributed by atoms with Crippen LogP contribution in [0.25, 0.3) is 0 Å². The van der Waals surface area contributed by atoms with Crippen LogP contribution in [0.15, 0.2) is 42.5 Å². The van der Waals surface area contributed by atoms with E-state index in [-0.39, 0.29) is 5.56 Å². The fourth-order valence-corrected chi connectivity index (χ4v) is 2.74. The van der Waals surface area contributed by atoms with Crippen LogP contribution >= 0.6 is 0 Å². The molecule has 0 unspecified atom stereocenters. The molecule has 1 heterocycles. The molecule has 3 rings (SSSR count). The minimum atomic E-state index is -0.833. The standard InChI is InChI=1S/C17H16F2N2O/c1-20-9-4-10-21(16-6-3-2-5-15(16)20)17(22)13-8-7-12(18)11-14(13)19/h2-3,5-8,11H,4,9-10H2,1H3. The third-order valence-corrected chi connectivity index (χ3v) is 3.87. The molecule has 114 valence electrons. The molecular formula is C17H16F2N2O. The van der Waals surface area contributed by atoms with Crippen LogP contribution in [-0.2, 0) is 0 Å². The maximum atomic E-state index is 13.9. The molecule has 2 aromatic carbocycles. The summed E-state index contributed by atoms with van der Waals surface area (Å²) in [4.78, 5) is 16.3. The summed E-state index contributed by atoms with van der Waals surface area (Å²) >= 11 is 0. The molecule has 3 nitrogen and oxygen atoms in total. The number of anilines is 2. The van der Waals surface area contributed by atoms with Crippen LogP contribution in [0, 0.1) is 11.6 Å². The second-order valence-electron chi connectivity index (χ2n) is 5.34. The van der Waals surface area contributed by atoms with Crippen LogP contribution < -0.4 is 9.80 Å². The van der Waals surface area contributed by atoms with Gasteiger partial charge in [-0.2, -0.15) is 0 Å². The van der Waals surface area contributed by atoms with E-state index in [2.05, 4.69) is 4.90 Å². The van der Waals surface area contributed by atoms with Crippen molar-refractivity contribution < 1.29 is 13.6 Å². The first-order valence-electron chi connectivity index (χ1n) is 7.15. The molecule has 0 fully saturated rings. The van der Waals surface area contributed by atoms with E-state index >= 15 is 0 Å². The topological polar surface area (TPSA) is 23.6 Å². The van der Waals surface area contributed by atoms with Gasteiger partial charge in [0.05, 0.1) is 16.9 Å². The van der Waals surface area contributed by atoms with Crippen molar-refractivity contribution in [3.8, 4) is 0 Å². The highest BCUT2D eigenvalue weighted by atomic mass is 19.1. The zero-order valence-electron chi connectivity index (χ0n) is 12.2. The summed E-state index contributed by atoms with van der Waals surface area (Å²) < 4.78 is 26.9. The molecule has 2 aromatic rings. The summed E-state index contributed by atoms with van der Waals surface area (Å²) in [6.07, 6.45) is 0.778. The second-order valence-corrected chi connectivity index (χ2v) is 5.34. The number of benzene rings is 2. The summed E-state index contributed by atoms with van der Waals surface area (Å²) in [5.74, 6) is -1.97. The Bertz CT molecular complexity index is 718. The molecule has 0 spiro atoms. The SMILES string of the molecule is CN1CCCN(C(=O)c2ccc(F)cc2F)c2ccccc21. The minimum absolute atomic E-state index is 0.110. The second kappa shape index (κ2) is 5.75. The molecule has 0 saturated heterocycles. The van der Waals surface area contributed by atoms with Gasteiger partial charge in [-0.05, 0) is 30.7 Å². The van der Waals surface area contributed by atoms with Crippen molar-refractivity contribution >= 4 is 17.3 Å². The molecule has 0 aliphatic carbocycles. The third-order valence-electron chi connectivity index (χ3n) is 3.87. The Kier molecular flexibility index (Phi) is 3.79. The van der Waals surface area contributed by atoms with Crippen molar-refractivity contribution in [2.24, 2.45) is 0 Å². The van der Waals surface area contributed by atoms with Crippen LogP contribution in [0.3, 0.4) is 0 Å². The Morgan fingerprint density at radius 1 is 1.05 bits per heavy atom. The number of amides is 1. The first kappa shape index (κ1) is 14.5. The minimum Gasteiger partial charge on any atom is -0.373 e. The number of hydrogen-bond donors (Lipinski definition) is 0. The Hall–Kier alpha value is -2.43. The quantitative estimate of drug-likeness (QED) is 0.805. The molecule has 0 bridgehead atoms. The molecule has 0 aromatic heterocycles. The molecular weight excluding hydrogens is 286 g/mol. The van der Waals surface area contributed by atoms with Crippen LogP contribution in [0.4, 0.5) is 20.2 Å². The highest BCUT2D eigenvalue weighted by Crippen LogP contribution is 2.32. The zero-order valence-corrected chi connectivity index (χ0v) is 12.2. The Morgan fingerprint density at radius 2 is 1.77 bits per heavy atom. The lowest BCUT2D eigenvalue weighted by Gasteiger charge is -2.24. The largest absolute Gasteiger partial charge is 0.373 e. The van der Waals surface area contributed by atoms with E-state index in [9.17, 15) is 13.6 Å². The molecule has 0 saturated carbocycles. The molecule has 1 amide bonds. The number of halogens is 2. The summed E-state index contributed by atoms with van der Waals surface area (Å²) in [6.45, 7) is 1.31. The summed E-state index contributed by atoms with van der Waals surface area (Å²) in [5.41, 5.74) is 1.56. The normalized spacial score (nSPS) is 14.5. The van der Waals surface area contributed by atoms with Gasteiger partial charge in [0.25, 0.3) is 5.91 Å². The molecule has 1 aliphatic heterocycles. The smallest absolute Gasteiger partial charge is 0.261 e. The van der Waals surface area contributed by atoms with Crippen LogP contribution in [0.1, 0.15) is 16.8 Å². The maximum absolute atomic E-state index is 13.9. The summed E-state index contributed by atoms with van der Waals surface area (Å²) in [7, 11) is 1.96. The first-order chi connectivity index (χ1) is 10.6. The van der Waals surface area contributed by atoms with Crippen LogP contribution in [0.2, 0.25) is 0 Å². The van der Waals surface area contributed by atoms with Gasteiger partial charge in [0.2, 0.25) is 0 Å². The fourth-order valence-electron chi connectivity index (χ4n) is 2.74. The van der Waals surface area contributed by atoms with Gasteiger partial charge < -0.3 is 9.80 Å². The molecule has 1 aliphatic rings. The van der Waals surface area contributed by atoms with Crippen molar-refractivity contribution in [2.75, 3.05) is 29.9 Å². The number of hydrogen-bond acceptors (Lipinski definition) is 2. The molecule has 0 radical (unpaired) electrons. The number of rotatable bonds is 1. The molecule has 0 N–H and O–H groups in total. The fraction of sp³-hybridized carbons (Fsp3) is 0.235. The maximum Gasteiger partial charge on any atom is 0.261 e. The predicted molar refractivity (Wildman–Crippen MR) is 82.4 cm³/mol. The van der Waals surface area contributed by atoms with Gasteiger partial charge >= 0.3 is 0 Å². The first-order valence-corrected chi connectivity index (χ1v) is 7.15. The number of carbonyl (C=O) groups excluding carboxylic acids is 1. The van der Waals surface area contributed by atoms with Gasteiger partial charge in [0, 0.05) is 26.2 Å².